The molecular formula is C16H9F3N2O2. The lowest BCUT2D eigenvalue weighted by atomic mass is 10.1. The van der Waals surface area contributed by atoms with Gasteiger partial charge in [-0.15, -0.1) is 0 Å². The van der Waals surface area contributed by atoms with Crippen molar-refractivity contribution in [3.63, 3.8) is 0 Å². The Kier molecular flexibility index (Phi) is 3.48. The number of benzene rings is 2. The molecule has 3 rings (SSSR count). The van der Waals surface area contributed by atoms with Gasteiger partial charge in [0, 0.05) is 23.1 Å². The molecule has 0 fully saturated rings. The Bertz CT molecular complexity index is 890. The molecule has 0 unspecified atom stereocenters. The molecule has 116 valence electrons. The summed E-state index contributed by atoms with van der Waals surface area (Å²) in [5, 5.41) is 11.5. The molecule has 3 aromatic rings. The molecule has 23 heavy (non-hydrogen) atoms. The molecule has 0 aliphatic rings. The van der Waals surface area contributed by atoms with Gasteiger partial charge < -0.3 is 0 Å². The Morgan fingerprint density at radius 3 is 2.22 bits per heavy atom. The Labute approximate surface area is 128 Å². The number of rotatable bonds is 2. The predicted molar refractivity (Wildman–Crippen MR) is 78.8 cm³/mol. The fraction of sp³-hybridized carbons (Fsp3) is 0.0625. The Morgan fingerprint density at radius 2 is 1.61 bits per heavy atom. The molecule has 1 heterocycles. The van der Waals surface area contributed by atoms with Crippen LogP contribution in [-0.2, 0) is 6.18 Å². The standard InChI is InChI=1S/C16H9F3N2O2/c17-16(18,19)12-5-1-10(2-6-12)14-8-4-11-3-7-13(21(22)23)9-15(11)20-14/h1-9H. The van der Waals surface area contributed by atoms with Crippen LogP contribution in [0.5, 0.6) is 0 Å². The molecule has 4 nitrogen and oxygen atoms in total. The quantitative estimate of drug-likeness (QED) is 0.502. The van der Waals surface area contributed by atoms with E-state index in [0.29, 0.717) is 22.2 Å². The highest BCUT2D eigenvalue weighted by Crippen LogP contribution is 2.31. The largest absolute Gasteiger partial charge is 0.416 e. The number of nitro benzene ring substituents is 1. The van der Waals surface area contributed by atoms with Crippen molar-refractivity contribution in [3.05, 3.63) is 70.3 Å². The molecule has 1 aromatic heterocycles. The van der Waals surface area contributed by atoms with E-state index in [0.717, 1.165) is 12.1 Å². The van der Waals surface area contributed by atoms with Gasteiger partial charge in [-0.25, -0.2) is 4.98 Å². The van der Waals surface area contributed by atoms with E-state index in [2.05, 4.69) is 4.98 Å². The van der Waals surface area contributed by atoms with Gasteiger partial charge >= 0.3 is 6.18 Å². The fourth-order valence-electron chi connectivity index (χ4n) is 2.21. The van der Waals surface area contributed by atoms with Crippen molar-refractivity contribution in [3.8, 4) is 11.3 Å². The zero-order chi connectivity index (χ0) is 16.6. The van der Waals surface area contributed by atoms with E-state index in [-0.39, 0.29) is 5.69 Å². The summed E-state index contributed by atoms with van der Waals surface area (Å²) in [7, 11) is 0. The third kappa shape index (κ3) is 2.98. The third-order valence-corrected chi connectivity index (χ3v) is 3.39. The van der Waals surface area contributed by atoms with Crippen LogP contribution >= 0.6 is 0 Å². The van der Waals surface area contributed by atoms with Crippen molar-refractivity contribution in [2.75, 3.05) is 0 Å². The zero-order valence-electron chi connectivity index (χ0n) is 11.5. The second-order valence-electron chi connectivity index (χ2n) is 4.91. The zero-order valence-corrected chi connectivity index (χ0v) is 11.5. The first-order valence-corrected chi connectivity index (χ1v) is 6.57. The number of fused-ring (bicyclic) bond motifs is 1. The van der Waals surface area contributed by atoms with Crippen molar-refractivity contribution in [1.82, 2.24) is 4.98 Å². The molecular weight excluding hydrogens is 309 g/mol. The average molecular weight is 318 g/mol. The van der Waals surface area contributed by atoms with E-state index >= 15 is 0 Å². The van der Waals surface area contributed by atoms with Gasteiger partial charge in [-0.2, -0.15) is 13.2 Å². The first kappa shape index (κ1) is 15.0. The van der Waals surface area contributed by atoms with Crippen LogP contribution in [0.25, 0.3) is 22.2 Å². The molecule has 0 spiro atoms. The minimum Gasteiger partial charge on any atom is -0.258 e. The summed E-state index contributed by atoms with van der Waals surface area (Å²) < 4.78 is 37.7. The first-order valence-electron chi connectivity index (χ1n) is 6.57. The molecule has 2 aromatic carbocycles. The SMILES string of the molecule is O=[N+]([O-])c1ccc2ccc(-c3ccc(C(F)(F)F)cc3)nc2c1. The van der Waals surface area contributed by atoms with E-state index in [1.807, 2.05) is 0 Å². The van der Waals surface area contributed by atoms with Crippen LogP contribution in [-0.4, -0.2) is 9.91 Å². The number of hydrogen-bond acceptors (Lipinski definition) is 3. The Morgan fingerprint density at radius 1 is 0.957 bits per heavy atom. The van der Waals surface area contributed by atoms with E-state index in [4.69, 9.17) is 0 Å². The normalized spacial score (nSPS) is 11.6. The Balaban J connectivity index is 2.04. The second-order valence-corrected chi connectivity index (χ2v) is 4.91. The number of pyridine rings is 1. The predicted octanol–water partition coefficient (Wildman–Crippen LogP) is 4.83. The average Bonchev–Trinajstić information content (AvgIpc) is 2.53. The lowest BCUT2D eigenvalue weighted by Crippen LogP contribution is -2.04. The third-order valence-electron chi connectivity index (χ3n) is 3.39. The number of halogens is 3. The molecule has 0 aliphatic heterocycles. The van der Waals surface area contributed by atoms with Crippen LogP contribution in [0.15, 0.2) is 54.6 Å². The van der Waals surface area contributed by atoms with Gasteiger partial charge in [0.1, 0.15) is 0 Å². The second kappa shape index (κ2) is 5.35. The summed E-state index contributed by atoms with van der Waals surface area (Å²) in [6, 6.07) is 12.3. The summed E-state index contributed by atoms with van der Waals surface area (Å²) in [6.07, 6.45) is -4.39. The maximum absolute atomic E-state index is 12.6. The number of alkyl halides is 3. The van der Waals surface area contributed by atoms with Crippen molar-refractivity contribution in [2.24, 2.45) is 0 Å². The first-order chi connectivity index (χ1) is 10.8. The smallest absolute Gasteiger partial charge is 0.258 e. The summed E-state index contributed by atoms with van der Waals surface area (Å²) in [5.74, 6) is 0. The number of aromatic nitrogens is 1. The molecule has 0 saturated heterocycles. The Hall–Kier alpha value is -2.96. The van der Waals surface area contributed by atoms with Gasteiger partial charge in [-0.1, -0.05) is 18.2 Å². The summed E-state index contributed by atoms with van der Waals surface area (Å²) in [4.78, 5) is 14.6. The van der Waals surface area contributed by atoms with Gasteiger partial charge in [-0.05, 0) is 24.3 Å². The maximum atomic E-state index is 12.6. The highest BCUT2D eigenvalue weighted by molar-refractivity contribution is 5.83. The molecule has 0 atom stereocenters. The molecule has 0 N–H and O–H groups in total. The number of nitrogens with zero attached hydrogens (tertiary/aromatic N) is 2. The minimum atomic E-state index is -4.39. The summed E-state index contributed by atoms with van der Waals surface area (Å²) in [6.45, 7) is 0. The molecule has 0 amide bonds. The van der Waals surface area contributed by atoms with Crippen LogP contribution in [0.3, 0.4) is 0 Å². The van der Waals surface area contributed by atoms with Crippen LogP contribution in [0, 0.1) is 10.1 Å². The van der Waals surface area contributed by atoms with Crippen LogP contribution < -0.4 is 0 Å². The highest BCUT2D eigenvalue weighted by Gasteiger charge is 2.30. The van der Waals surface area contributed by atoms with E-state index in [1.165, 1.54) is 24.3 Å². The molecule has 0 saturated carbocycles. The number of non-ortho nitro benzene ring substituents is 1. The monoisotopic (exact) mass is 318 g/mol. The van der Waals surface area contributed by atoms with E-state index in [9.17, 15) is 23.3 Å². The van der Waals surface area contributed by atoms with Gasteiger partial charge in [0.2, 0.25) is 0 Å². The number of hydrogen-bond donors (Lipinski definition) is 0. The lowest BCUT2D eigenvalue weighted by molar-refractivity contribution is -0.384. The molecule has 0 bridgehead atoms. The minimum absolute atomic E-state index is 0.0884. The molecule has 0 aliphatic carbocycles. The van der Waals surface area contributed by atoms with Crippen LogP contribution in [0.4, 0.5) is 18.9 Å². The number of nitro groups is 1. The highest BCUT2D eigenvalue weighted by atomic mass is 19.4. The van der Waals surface area contributed by atoms with Crippen molar-refractivity contribution in [2.45, 2.75) is 6.18 Å². The summed E-state index contributed by atoms with van der Waals surface area (Å²) >= 11 is 0. The van der Waals surface area contributed by atoms with Crippen LogP contribution in [0.2, 0.25) is 0 Å². The topological polar surface area (TPSA) is 56.0 Å². The van der Waals surface area contributed by atoms with Gasteiger partial charge in [0.05, 0.1) is 21.7 Å². The van der Waals surface area contributed by atoms with Crippen molar-refractivity contribution >= 4 is 16.6 Å². The van der Waals surface area contributed by atoms with Gasteiger partial charge in [0.25, 0.3) is 5.69 Å². The van der Waals surface area contributed by atoms with Crippen LogP contribution in [0.1, 0.15) is 5.56 Å². The lowest BCUT2D eigenvalue weighted by Gasteiger charge is -2.08. The van der Waals surface area contributed by atoms with E-state index < -0.39 is 16.7 Å². The molecule has 0 radical (unpaired) electrons. The van der Waals surface area contributed by atoms with Crippen molar-refractivity contribution in [1.29, 1.82) is 0 Å². The fourth-order valence-corrected chi connectivity index (χ4v) is 2.21. The summed E-state index contributed by atoms with van der Waals surface area (Å²) in [5.41, 5.74) is 0.543. The maximum Gasteiger partial charge on any atom is 0.416 e. The van der Waals surface area contributed by atoms with Gasteiger partial charge in [0.15, 0.2) is 0 Å². The molecule has 7 heteroatoms. The van der Waals surface area contributed by atoms with Gasteiger partial charge in [-0.3, -0.25) is 10.1 Å². The van der Waals surface area contributed by atoms with Crippen molar-refractivity contribution < 1.29 is 18.1 Å². The van der Waals surface area contributed by atoms with E-state index in [1.54, 1.807) is 18.2 Å².